The van der Waals surface area contributed by atoms with E-state index in [-0.39, 0.29) is 23.5 Å². The number of aromatic nitrogens is 4. The highest BCUT2D eigenvalue weighted by Gasteiger charge is 2.22. The van der Waals surface area contributed by atoms with E-state index in [0.717, 1.165) is 42.5 Å². The van der Waals surface area contributed by atoms with Gasteiger partial charge in [0.25, 0.3) is 5.56 Å². The van der Waals surface area contributed by atoms with Gasteiger partial charge in [0.15, 0.2) is 0 Å². The van der Waals surface area contributed by atoms with E-state index >= 15 is 0 Å². The number of nitrogens with two attached hydrogens (primary N) is 1. The third-order valence-corrected chi connectivity index (χ3v) is 6.60. The summed E-state index contributed by atoms with van der Waals surface area (Å²) in [5, 5.41) is 4.06. The summed E-state index contributed by atoms with van der Waals surface area (Å²) in [4.78, 5) is 39.0. The minimum Gasteiger partial charge on any atom is -0.469 e. The van der Waals surface area contributed by atoms with Gasteiger partial charge in [-0.1, -0.05) is 43.7 Å². The van der Waals surface area contributed by atoms with Gasteiger partial charge in [0.1, 0.15) is 11.6 Å². The predicted octanol–water partition coefficient (Wildman–Crippen LogP) is 4.91. The number of para-hydroxylation sites is 1. The lowest BCUT2D eigenvalue weighted by Crippen LogP contribution is -2.29. The van der Waals surface area contributed by atoms with Crippen molar-refractivity contribution in [3.8, 4) is 5.69 Å². The highest BCUT2D eigenvalue weighted by Crippen LogP contribution is 2.26. The standard InChI is InChI=1S/C29H34N6O3/c1-4-22(32-26-19(2)18-31-29(30)34-26)27-33-23-16-11-13-20(12-7-5-10-17-24(36)38-3)25(23)28(37)35(27)21-14-8-6-9-15-21/h6,8-9,11,13-16,18,22H,4-5,7,10,12,17H2,1-3H3,(H3,30,31,32,34)/t22-/m0/s1. The molecule has 0 fully saturated rings. The largest absolute Gasteiger partial charge is 0.469 e. The predicted molar refractivity (Wildman–Crippen MR) is 149 cm³/mol. The Morgan fingerprint density at radius 2 is 1.87 bits per heavy atom. The summed E-state index contributed by atoms with van der Waals surface area (Å²) in [6.07, 6.45) is 5.94. The highest BCUT2D eigenvalue weighted by atomic mass is 16.5. The first-order valence-corrected chi connectivity index (χ1v) is 12.9. The second-order valence-corrected chi connectivity index (χ2v) is 9.26. The van der Waals surface area contributed by atoms with Gasteiger partial charge in [-0.25, -0.2) is 9.97 Å². The molecule has 0 aliphatic heterocycles. The number of anilines is 2. The molecule has 0 aliphatic carbocycles. The minimum atomic E-state index is -0.303. The Hall–Kier alpha value is -4.27. The van der Waals surface area contributed by atoms with Gasteiger partial charge in [0.2, 0.25) is 5.95 Å². The van der Waals surface area contributed by atoms with Gasteiger partial charge in [-0.3, -0.25) is 14.2 Å². The summed E-state index contributed by atoms with van der Waals surface area (Å²) in [5.41, 5.74) is 8.94. The number of esters is 1. The summed E-state index contributed by atoms with van der Waals surface area (Å²) in [6.45, 7) is 3.94. The van der Waals surface area contributed by atoms with Crippen LogP contribution in [-0.2, 0) is 16.0 Å². The maximum Gasteiger partial charge on any atom is 0.305 e. The average Bonchev–Trinajstić information content (AvgIpc) is 2.93. The molecule has 0 saturated carbocycles. The Bertz CT molecular complexity index is 1470. The number of nitrogens with zero attached hydrogens (tertiary/aromatic N) is 4. The van der Waals surface area contributed by atoms with Gasteiger partial charge in [-0.05, 0) is 56.4 Å². The molecule has 0 amide bonds. The molecule has 9 nitrogen and oxygen atoms in total. The number of rotatable bonds is 11. The molecule has 0 aliphatic rings. The number of nitrogen functional groups attached to an aromatic ring is 1. The van der Waals surface area contributed by atoms with Crippen LogP contribution in [0.25, 0.3) is 16.6 Å². The van der Waals surface area contributed by atoms with Crippen molar-refractivity contribution >= 4 is 28.6 Å². The number of nitrogens with one attached hydrogen (secondary N) is 1. The zero-order valence-corrected chi connectivity index (χ0v) is 22.1. The van der Waals surface area contributed by atoms with Crippen LogP contribution in [0.3, 0.4) is 0 Å². The summed E-state index contributed by atoms with van der Waals surface area (Å²) in [6, 6.07) is 15.1. The Morgan fingerprint density at radius 3 is 2.61 bits per heavy atom. The van der Waals surface area contributed by atoms with Gasteiger partial charge in [-0.15, -0.1) is 0 Å². The first kappa shape index (κ1) is 26.8. The number of carbonyl (C=O) groups is 1. The fraction of sp³-hybridized carbons (Fsp3) is 0.345. The Morgan fingerprint density at radius 1 is 1.08 bits per heavy atom. The van der Waals surface area contributed by atoms with Crippen molar-refractivity contribution in [3.05, 3.63) is 82.0 Å². The third-order valence-electron chi connectivity index (χ3n) is 6.60. The Labute approximate surface area is 222 Å². The number of ether oxygens (including phenoxy) is 1. The second-order valence-electron chi connectivity index (χ2n) is 9.26. The van der Waals surface area contributed by atoms with Crippen LogP contribution < -0.4 is 16.6 Å². The van der Waals surface area contributed by atoms with Crippen LogP contribution in [0.1, 0.15) is 62.0 Å². The molecule has 0 saturated heterocycles. The zero-order chi connectivity index (χ0) is 27.1. The lowest BCUT2D eigenvalue weighted by atomic mass is 10.0. The van der Waals surface area contributed by atoms with Gasteiger partial charge in [0, 0.05) is 18.2 Å². The van der Waals surface area contributed by atoms with Crippen molar-refractivity contribution < 1.29 is 9.53 Å². The van der Waals surface area contributed by atoms with E-state index < -0.39 is 0 Å². The molecule has 0 radical (unpaired) electrons. The number of aryl methyl sites for hydroxylation is 2. The lowest BCUT2D eigenvalue weighted by Gasteiger charge is -2.23. The first-order valence-electron chi connectivity index (χ1n) is 12.9. The quantitative estimate of drug-likeness (QED) is 0.214. The number of unbranched alkanes of at least 4 members (excludes halogenated alkanes) is 2. The zero-order valence-electron chi connectivity index (χ0n) is 22.1. The van der Waals surface area contributed by atoms with Crippen molar-refractivity contribution in [2.24, 2.45) is 0 Å². The Kier molecular flexibility index (Phi) is 8.68. The highest BCUT2D eigenvalue weighted by molar-refractivity contribution is 5.82. The Balaban J connectivity index is 1.76. The van der Waals surface area contributed by atoms with Crippen molar-refractivity contribution in [2.75, 3.05) is 18.2 Å². The molecule has 0 unspecified atom stereocenters. The lowest BCUT2D eigenvalue weighted by molar-refractivity contribution is -0.140. The van der Waals surface area contributed by atoms with Crippen molar-refractivity contribution in [2.45, 2.75) is 58.4 Å². The van der Waals surface area contributed by atoms with E-state index in [9.17, 15) is 9.59 Å². The van der Waals surface area contributed by atoms with Gasteiger partial charge in [0.05, 0.1) is 29.7 Å². The molecule has 2 aromatic heterocycles. The smallest absolute Gasteiger partial charge is 0.305 e. The van der Waals surface area contributed by atoms with E-state index in [1.165, 1.54) is 7.11 Å². The van der Waals surface area contributed by atoms with Crippen LogP contribution in [-0.4, -0.2) is 32.6 Å². The number of fused-ring (bicyclic) bond motifs is 1. The summed E-state index contributed by atoms with van der Waals surface area (Å²) >= 11 is 0. The molecule has 38 heavy (non-hydrogen) atoms. The summed E-state index contributed by atoms with van der Waals surface area (Å²) in [7, 11) is 1.40. The van der Waals surface area contributed by atoms with Crippen molar-refractivity contribution in [1.82, 2.24) is 19.5 Å². The number of methoxy groups -OCH3 is 1. The number of hydrogen-bond donors (Lipinski definition) is 2. The number of benzene rings is 2. The molecular weight excluding hydrogens is 480 g/mol. The molecule has 9 heteroatoms. The SMILES string of the molecule is CC[C@H](Nc1nc(N)ncc1C)c1nc2cccc(CCCCCC(=O)OC)c2c(=O)n1-c1ccccc1. The second kappa shape index (κ2) is 12.3. The molecule has 2 heterocycles. The third kappa shape index (κ3) is 5.99. The molecule has 0 spiro atoms. The molecular formula is C29H34N6O3. The van der Waals surface area contributed by atoms with E-state index in [2.05, 4.69) is 15.3 Å². The van der Waals surface area contributed by atoms with Crippen LogP contribution >= 0.6 is 0 Å². The van der Waals surface area contributed by atoms with Crippen LogP contribution in [0.15, 0.2) is 59.5 Å². The monoisotopic (exact) mass is 514 g/mol. The van der Waals surface area contributed by atoms with E-state index in [0.29, 0.717) is 35.4 Å². The minimum absolute atomic E-state index is 0.111. The fourth-order valence-corrected chi connectivity index (χ4v) is 4.56. The van der Waals surface area contributed by atoms with E-state index in [1.54, 1.807) is 10.8 Å². The topological polar surface area (TPSA) is 125 Å². The van der Waals surface area contributed by atoms with Crippen molar-refractivity contribution in [3.63, 3.8) is 0 Å². The normalized spacial score (nSPS) is 11.9. The first-order chi connectivity index (χ1) is 18.4. The number of carbonyl (C=O) groups excluding carboxylic acids is 1. The van der Waals surface area contributed by atoms with Gasteiger partial charge >= 0.3 is 5.97 Å². The van der Waals surface area contributed by atoms with Gasteiger partial charge in [-0.2, -0.15) is 4.98 Å². The maximum atomic E-state index is 14.2. The fourth-order valence-electron chi connectivity index (χ4n) is 4.56. The van der Waals surface area contributed by atoms with Gasteiger partial charge < -0.3 is 15.8 Å². The van der Waals surface area contributed by atoms with Crippen LogP contribution in [0.2, 0.25) is 0 Å². The van der Waals surface area contributed by atoms with E-state index in [4.69, 9.17) is 15.5 Å². The summed E-state index contributed by atoms with van der Waals surface area (Å²) in [5.74, 6) is 1.19. The van der Waals surface area contributed by atoms with E-state index in [1.807, 2.05) is 62.4 Å². The molecule has 4 aromatic rings. The maximum absolute atomic E-state index is 14.2. The molecule has 3 N–H and O–H groups in total. The van der Waals surface area contributed by atoms with Crippen LogP contribution in [0.5, 0.6) is 0 Å². The summed E-state index contributed by atoms with van der Waals surface area (Å²) < 4.78 is 6.42. The number of hydrogen-bond acceptors (Lipinski definition) is 8. The molecule has 2 aromatic carbocycles. The van der Waals surface area contributed by atoms with Crippen molar-refractivity contribution in [1.29, 1.82) is 0 Å². The van der Waals surface area contributed by atoms with Crippen LogP contribution in [0, 0.1) is 6.92 Å². The van der Waals surface area contributed by atoms with Crippen LogP contribution in [0.4, 0.5) is 11.8 Å². The molecule has 0 bridgehead atoms. The molecule has 1 atom stereocenters. The molecule has 4 rings (SSSR count). The molecule has 198 valence electrons. The average molecular weight is 515 g/mol.